The molecule has 1 heterocycles. The van der Waals surface area contributed by atoms with Crippen molar-refractivity contribution in [2.24, 2.45) is 5.73 Å². The van der Waals surface area contributed by atoms with Crippen LogP contribution in [0, 0.1) is 0 Å². The molecule has 0 aliphatic rings. The first-order chi connectivity index (χ1) is 7.51. The zero-order valence-corrected chi connectivity index (χ0v) is 12.5. The molecule has 0 aliphatic carbocycles. The Labute approximate surface area is 110 Å². The van der Waals surface area contributed by atoms with Gasteiger partial charge < -0.3 is 10.5 Å². The normalized spacial score (nSPS) is 17.1. The van der Waals surface area contributed by atoms with Crippen LogP contribution in [-0.4, -0.2) is 18.2 Å². The molecule has 2 N–H and O–H groups in total. The Balaban J connectivity index is 2.65. The van der Waals surface area contributed by atoms with Crippen LogP contribution >= 0.6 is 27.3 Å². The van der Waals surface area contributed by atoms with Gasteiger partial charge in [0, 0.05) is 17.5 Å². The van der Waals surface area contributed by atoms with Gasteiger partial charge in [-0.15, -0.1) is 11.3 Å². The lowest BCUT2D eigenvalue weighted by atomic mass is 9.91. The van der Waals surface area contributed by atoms with Gasteiger partial charge in [0.05, 0.1) is 9.39 Å². The van der Waals surface area contributed by atoms with Gasteiger partial charge in [-0.3, -0.25) is 0 Å². The summed E-state index contributed by atoms with van der Waals surface area (Å²) in [6.07, 6.45) is 1.81. The molecule has 4 heteroatoms. The molecule has 16 heavy (non-hydrogen) atoms. The summed E-state index contributed by atoms with van der Waals surface area (Å²) in [5, 5.41) is 0. The highest BCUT2D eigenvalue weighted by atomic mass is 79.9. The van der Waals surface area contributed by atoms with E-state index in [1.807, 2.05) is 6.92 Å². The van der Waals surface area contributed by atoms with E-state index in [0.29, 0.717) is 6.61 Å². The first-order valence-electron chi connectivity index (χ1n) is 5.65. The largest absolute Gasteiger partial charge is 0.374 e. The standard InChI is InChI=1S/C12H20BrNOS/c1-4-12(3,15-5-2)10(14)8-9-6-7-11(13)16-9/h6-7,10H,4-5,8,14H2,1-3H3. The van der Waals surface area contributed by atoms with Crippen LogP contribution in [-0.2, 0) is 11.2 Å². The van der Waals surface area contributed by atoms with Gasteiger partial charge in [-0.25, -0.2) is 0 Å². The summed E-state index contributed by atoms with van der Waals surface area (Å²) in [4.78, 5) is 1.30. The highest BCUT2D eigenvalue weighted by molar-refractivity contribution is 9.11. The van der Waals surface area contributed by atoms with Gasteiger partial charge in [-0.1, -0.05) is 6.92 Å². The summed E-state index contributed by atoms with van der Waals surface area (Å²) in [5.41, 5.74) is 6.04. The molecule has 0 saturated carbocycles. The highest BCUT2D eigenvalue weighted by Crippen LogP contribution is 2.27. The van der Waals surface area contributed by atoms with Crippen molar-refractivity contribution < 1.29 is 4.74 Å². The lowest BCUT2D eigenvalue weighted by molar-refractivity contribution is -0.0459. The third-order valence-corrected chi connectivity index (χ3v) is 4.66. The molecule has 0 radical (unpaired) electrons. The van der Waals surface area contributed by atoms with Gasteiger partial charge in [0.1, 0.15) is 0 Å². The summed E-state index contributed by atoms with van der Waals surface area (Å²) in [6.45, 7) is 6.96. The van der Waals surface area contributed by atoms with Gasteiger partial charge in [0.15, 0.2) is 0 Å². The molecule has 1 aromatic rings. The van der Waals surface area contributed by atoms with E-state index < -0.39 is 0 Å². The second kappa shape index (κ2) is 6.15. The number of hydrogen-bond acceptors (Lipinski definition) is 3. The lowest BCUT2D eigenvalue weighted by Gasteiger charge is -2.34. The Kier molecular flexibility index (Phi) is 5.44. The van der Waals surface area contributed by atoms with E-state index in [1.54, 1.807) is 11.3 Å². The zero-order chi connectivity index (χ0) is 12.2. The van der Waals surface area contributed by atoms with Crippen LogP contribution < -0.4 is 5.73 Å². The zero-order valence-electron chi connectivity index (χ0n) is 10.1. The van der Waals surface area contributed by atoms with E-state index in [-0.39, 0.29) is 11.6 Å². The first-order valence-corrected chi connectivity index (χ1v) is 7.26. The maximum absolute atomic E-state index is 6.26. The molecule has 1 rings (SSSR count). The molecule has 0 aliphatic heterocycles. The number of hydrogen-bond donors (Lipinski definition) is 1. The van der Waals surface area contributed by atoms with E-state index in [0.717, 1.165) is 16.6 Å². The Bertz CT molecular complexity index is 329. The number of nitrogens with two attached hydrogens (primary N) is 1. The van der Waals surface area contributed by atoms with Crippen LogP contribution in [0.4, 0.5) is 0 Å². The minimum atomic E-state index is -0.217. The van der Waals surface area contributed by atoms with Gasteiger partial charge in [-0.05, 0) is 54.8 Å². The summed E-state index contributed by atoms with van der Waals surface area (Å²) in [5.74, 6) is 0. The second-order valence-corrected chi connectivity index (χ2v) is 6.66. The van der Waals surface area contributed by atoms with Gasteiger partial charge >= 0.3 is 0 Å². The average molecular weight is 306 g/mol. The molecule has 2 nitrogen and oxygen atoms in total. The molecule has 0 saturated heterocycles. The molecule has 1 aromatic heterocycles. The van der Waals surface area contributed by atoms with Crippen LogP contribution in [0.2, 0.25) is 0 Å². The highest BCUT2D eigenvalue weighted by Gasteiger charge is 2.30. The van der Waals surface area contributed by atoms with E-state index in [1.165, 1.54) is 4.88 Å². The SMILES string of the molecule is CCOC(C)(CC)C(N)Cc1ccc(Br)s1. The van der Waals surface area contributed by atoms with E-state index in [4.69, 9.17) is 10.5 Å². The van der Waals surface area contributed by atoms with Crippen molar-refractivity contribution in [3.05, 3.63) is 20.8 Å². The van der Waals surface area contributed by atoms with Crippen molar-refractivity contribution in [3.63, 3.8) is 0 Å². The second-order valence-electron chi connectivity index (χ2n) is 4.12. The smallest absolute Gasteiger partial charge is 0.0805 e. The monoisotopic (exact) mass is 305 g/mol. The Morgan fingerprint density at radius 2 is 2.19 bits per heavy atom. The number of rotatable bonds is 6. The number of thiophene rings is 1. The molecule has 0 aromatic carbocycles. The van der Waals surface area contributed by atoms with Crippen LogP contribution in [0.1, 0.15) is 32.1 Å². The van der Waals surface area contributed by atoms with Crippen molar-refractivity contribution in [3.8, 4) is 0 Å². The first kappa shape index (κ1) is 14.2. The molecule has 2 unspecified atom stereocenters. The van der Waals surface area contributed by atoms with Crippen molar-refractivity contribution >= 4 is 27.3 Å². The minimum absolute atomic E-state index is 0.0444. The number of halogens is 1. The maximum Gasteiger partial charge on any atom is 0.0805 e. The topological polar surface area (TPSA) is 35.2 Å². The summed E-state index contributed by atoms with van der Waals surface area (Å²) in [6, 6.07) is 4.23. The molecule has 2 atom stereocenters. The molecule has 0 amide bonds. The molecule has 92 valence electrons. The summed E-state index contributed by atoms with van der Waals surface area (Å²) >= 11 is 5.21. The fourth-order valence-electron chi connectivity index (χ4n) is 1.70. The Morgan fingerprint density at radius 3 is 2.62 bits per heavy atom. The van der Waals surface area contributed by atoms with Crippen molar-refractivity contribution in [1.29, 1.82) is 0 Å². The van der Waals surface area contributed by atoms with Crippen LogP contribution in [0.3, 0.4) is 0 Å². The van der Waals surface area contributed by atoms with E-state index in [9.17, 15) is 0 Å². The lowest BCUT2D eigenvalue weighted by Crippen LogP contribution is -2.48. The van der Waals surface area contributed by atoms with E-state index >= 15 is 0 Å². The summed E-state index contributed by atoms with van der Waals surface area (Å²) < 4.78 is 6.94. The fraction of sp³-hybridized carbons (Fsp3) is 0.667. The van der Waals surface area contributed by atoms with Crippen molar-refractivity contribution in [1.82, 2.24) is 0 Å². The van der Waals surface area contributed by atoms with Crippen molar-refractivity contribution in [2.45, 2.75) is 45.3 Å². The van der Waals surface area contributed by atoms with Crippen LogP contribution in [0.25, 0.3) is 0 Å². The molecular formula is C12H20BrNOS. The molecule has 0 fully saturated rings. The fourth-order valence-corrected chi connectivity index (χ4v) is 3.24. The quantitative estimate of drug-likeness (QED) is 0.872. The minimum Gasteiger partial charge on any atom is -0.374 e. The van der Waals surface area contributed by atoms with E-state index in [2.05, 4.69) is 41.9 Å². The maximum atomic E-state index is 6.26. The third kappa shape index (κ3) is 3.55. The molecule has 0 spiro atoms. The van der Waals surface area contributed by atoms with Gasteiger partial charge in [-0.2, -0.15) is 0 Å². The predicted octanol–water partition coefficient (Wildman–Crippen LogP) is 3.59. The number of ether oxygens (including phenoxy) is 1. The predicted molar refractivity (Wildman–Crippen MR) is 74.0 cm³/mol. The summed E-state index contributed by atoms with van der Waals surface area (Å²) in [7, 11) is 0. The average Bonchev–Trinajstić information content (AvgIpc) is 2.64. The van der Waals surface area contributed by atoms with Crippen LogP contribution in [0.5, 0.6) is 0 Å². The Hall–Kier alpha value is 0.1000. The Morgan fingerprint density at radius 1 is 1.50 bits per heavy atom. The molecular weight excluding hydrogens is 286 g/mol. The van der Waals surface area contributed by atoms with Gasteiger partial charge in [0.25, 0.3) is 0 Å². The van der Waals surface area contributed by atoms with Crippen LogP contribution in [0.15, 0.2) is 15.9 Å². The van der Waals surface area contributed by atoms with Gasteiger partial charge in [0.2, 0.25) is 0 Å². The third-order valence-electron chi connectivity index (χ3n) is 3.01. The molecule has 0 bridgehead atoms. The van der Waals surface area contributed by atoms with Crippen molar-refractivity contribution in [2.75, 3.05) is 6.61 Å².